The lowest BCUT2D eigenvalue weighted by Gasteiger charge is -2.35. The quantitative estimate of drug-likeness (QED) is 0.789. The summed E-state index contributed by atoms with van der Waals surface area (Å²) in [6.45, 7) is 7.49. The summed E-state index contributed by atoms with van der Waals surface area (Å²) < 4.78 is 10.2. The Balaban J connectivity index is 1.86. The predicted octanol–water partition coefficient (Wildman–Crippen LogP) is 1.97. The number of carbonyl (C=O) groups excluding carboxylic acids is 2. The van der Waals surface area contributed by atoms with Gasteiger partial charge in [0.25, 0.3) is 5.91 Å². The van der Waals surface area contributed by atoms with Gasteiger partial charge in [-0.25, -0.2) is 4.79 Å². The summed E-state index contributed by atoms with van der Waals surface area (Å²) in [4.78, 5) is 27.3. The van der Waals surface area contributed by atoms with Crippen molar-refractivity contribution in [3.63, 3.8) is 0 Å². The molecule has 6 heteroatoms. The van der Waals surface area contributed by atoms with Crippen LogP contribution in [0.2, 0.25) is 0 Å². The van der Waals surface area contributed by atoms with Crippen LogP contribution in [0, 0.1) is 0 Å². The van der Waals surface area contributed by atoms with Crippen molar-refractivity contribution in [1.82, 2.24) is 9.80 Å². The van der Waals surface area contributed by atoms with Crippen LogP contribution in [0.25, 0.3) is 0 Å². The van der Waals surface area contributed by atoms with Crippen LogP contribution in [0.15, 0.2) is 23.0 Å². The lowest BCUT2D eigenvalue weighted by molar-refractivity contribution is 0.0141. The van der Waals surface area contributed by atoms with Crippen molar-refractivity contribution in [2.75, 3.05) is 26.2 Å². The molecule has 0 N–H and O–H groups in total. The van der Waals surface area contributed by atoms with Gasteiger partial charge in [0, 0.05) is 26.2 Å². The Morgan fingerprint density at radius 1 is 1.15 bits per heavy atom. The molecular formula is C14H20N2O4. The third-order valence-electron chi connectivity index (χ3n) is 2.99. The minimum Gasteiger partial charge on any atom is -0.472 e. The molecular weight excluding hydrogens is 260 g/mol. The first-order chi connectivity index (χ1) is 9.37. The largest absolute Gasteiger partial charge is 0.472 e. The molecule has 0 unspecified atom stereocenters. The van der Waals surface area contributed by atoms with E-state index >= 15 is 0 Å². The number of hydrogen-bond donors (Lipinski definition) is 0. The number of piperazine rings is 1. The monoisotopic (exact) mass is 280 g/mol. The maximum absolute atomic E-state index is 12.1. The Morgan fingerprint density at radius 3 is 2.25 bits per heavy atom. The van der Waals surface area contributed by atoms with E-state index in [0.717, 1.165) is 0 Å². The highest BCUT2D eigenvalue weighted by molar-refractivity contribution is 5.94. The summed E-state index contributed by atoms with van der Waals surface area (Å²) in [6, 6.07) is 1.64. The first-order valence-corrected chi connectivity index (χ1v) is 6.66. The third-order valence-corrected chi connectivity index (χ3v) is 2.99. The van der Waals surface area contributed by atoms with Gasteiger partial charge in [-0.15, -0.1) is 0 Å². The second kappa shape index (κ2) is 5.56. The van der Waals surface area contributed by atoms with Gasteiger partial charge >= 0.3 is 6.09 Å². The van der Waals surface area contributed by atoms with Gasteiger partial charge in [-0.3, -0.25) is 4.79 Å². The summed E-state index contributed by atoms with van der Waals surface area (Å²) >= 11 is 0. The Hall–Kier alpha value is -1.98. The van der Waals surface area contributed by atoms with Crippen molar-refractivity contribution < 1.29 is 18.7 Å². The molecule has 1 aliphatic heterocycles. The van der Waals surface area contributed by atoms with E-state index in [9.17, 15) is 9.59 Å². The Labute approximate surface area is 118 Å². The fraction of sp³-hybridized carbons (Fsp3) is 0.571. The SMILES string of the molecule is CC(C)(C)OC(=O)N1CCN(C(=O)c2ccoc2)CC1. The van der Waals surface area contributed by atoms with Crippen molar-refractivity contribution in [1.29, 1.82) is 0 Å². The number of nitrogens with zero attached hydrogens (tertiary/aromatic N) is 2. The standard InChI is InChI=1S/C14H20N2O4/c1-14(2,3)20-13(18)16-7-5-15(6-8-16)12(17)11-4-9-19-10-11/h4,9-10H,5-8H2,1-3H3. The Morgan fingerprint density at radius 2 is 1.75 bits per heavy atom. The van der Waals surface area contributed by atoms with Gasteiger partial charge in [-0.2, -0.15) is 0 Å². The summed E-state index contributed by atoms with van der Waals surface area (Å²) in [5.41, 5.74) is 0.0385. The number of hydrogen-bond acceptors (Lipinski definition) is 4. The topological polar surface area (TPSA) is 63.0 Å². The van der Waals surface area contributed by atoms with Crippen molar-refractivity contribution in [3.05, 3.63) is 24.2 Å². The molecule has 2 amide bonds. The maximum Gasteiger partial charge on any atom is 0.410 e. The summed E-state index contributed by atoms with van der Waals surface area (Å²) in [5, 5.41) is 0. The van der Waals surface area contributed by atoms with Crippen LogP contribution in [-0.2, 0) is 4.74 Å². The zero-order valence-corrected chi connectivity index (χ0v) is 12.1. The molecule has 1 fully saturated rings. The van der Waals surface area contributed by atoms with E-state index in [1.54, 1.807) is 15.9 Å². The van der Waals surface area contributed by atoms with Crippen LogP contribution in [-0.4, -0.2) is 53.6 Å². The van der Waals surface area contributed by atoms with E-state index in [-0.39, 0.29) is 12.0 Å². The minimum absolute atomic E-state index is 0.0670. The summed E-state index contributed by atoms with van der Waals surface area (Å²) in [6.07, 6.45) is 2.58. The van der Waals surface area contributed by atoms with E-state index < -0.39 is 5.60 Å². The third kappa shape index (κ3) is 3.53. The molecule has 110 valence electrons. The van der Waals surface area contributed by atoms with Crippen LogP contribution in [0.1, 0.15) is 31.1 Å². The molecule has 20 heavy (non-hydrogen) atoms. The van der Waals surface area contributed by atoms with Crippen molar-refractivity contribution in [3.8, 4) is 0 Å². The fourth-order valence-electron chi connectivity index (χ4n) is 1.99. The van der Waals surface area contributed by atoms with Crippen LogP contribution < -0.4 is 0 Å². The van der Waals surface area contributed by atoms with Gasteiger partial charge < -0.3 is 19.0 Å². The van der Waals surface area contributed by atoms with E-state index in [4.69, 9.17) is 9.15 Å². The zero-order chi connectivity index (χ0) is 14.8. The highest BCUT2D eigenvalue weighted by Gasteiger charge is 2.28. The number of ether oxygens (including phenoxy) is 1. The zero-order valence-electron chi connectivity index (χ0n) is 12.1. The van der Waals surface area contributed by atoms with Gasteiger partial charge in [0.15, 0.2) is 0 Å². The van der Waals surface area contributed by atoms with Gasteiger partial charge in [0.05, 0.1) is 11.8 Å². The first-order valence-electron chi connectivity index (χ1n) is 6.66. The highest BCUT2D eigenvalue weighted by Crippen LogP contribution is 2.13. The first kappa shape index (κ1) is 14.4. The summed E-state index contributed by atoms with van der Waals surface area (Å²) in [5.74, 6) is -0.0670. The molecule has 2 rings (SSSR count). The molecule has 0 saturated carbocycles. The highest BCUT2D eigenvalue weighted by atomic mass is 16.6. The van der Waals surface area contributed by atoms with E-state index in [2.05, 4.69) is 0 Å². The minimum atomic E-state index is -0.499. The molecule has 2 heterocycles. The van der Waals surface area contributed by atoms with E-state index in [1.165, 1.54) is 12.5 Å². The van der Waals surface area contributed by atoms with Crippen LogP contribution >= 0.6 is 0 Å². The number of carbonyl (C=O) groups is 2. The number of rotatable bonds is 1. The Kier molecular flexibility index (Phi) is 4.01. The molecule has 0 aromatic carbocycles. The Bertz CT molecular complexity index is 468. The van der Waals surface area contributed by atoms with Gasteiger partial charge in [-0.1, -0.05) is 0 Å². The van der Waals surface area contributed by atoms with Crippen LogP contribution in [0.4, 0.5) is 4.79 Å². The lowest BCUT2D eigenvalue weighted by atomic mass is 10.2. The van der Waals surface area contributed by atoms with E-state index in [0.29, 0.717) is 31.7 Å². The smallest absolute Gasteiger partial charge is 0.410 e. The second-order valence-electron chi connectivity index (χ2n) is 5.77. The van der Waals surface area contributed by atoms with Gasteiger partial charge in [0.2, 0.25) is 0 Å². The molecule has 0 radical (unpaired) electrons. The average Bonchev–Trinajstić information content (AvgIpc) is 2.90. The molecule has 0 spiro atoms. The maximum atomic E-state index is 12.1. The molecule has 6 nitrogen and oxygen atoms in total. The average molecular weight is 280 g/mol. The molecule has 1 aromatic rings. The second-order valence-corrected chi connectivity index (χ2v) is 5.77. The summed E-state index contributed by atoms with van der Waals surface area (Å²) in [7, 11) is 0. The molecule has 1 aromatic heterocycles. The number of amides is 2. The predicted molar refractivity (Wildman–Crippen MR) is 72.4 cm³/mol. The van der Waals surface area contributed by atoms with E-state index in [1.807, 2.05) is 20.8 Å². The molecule has 1 saturated heterocycles. The normalized spacial score (nSPS) is 16.1. The van der Waals surface area contributed by atoms with Gasteiger partial charge in [-0.05, 0) is 26.8 Å². The van der Waals surface area contributed by atoms with Crippen molar-refractivity contribution in [2.45, 2.75) is 26.4 Å². The van der Waals surface area contributed by atoms with Crippen molar-refractivity contribution >= 4 is 12.0 Å². The molecule has 0 atom stereocenters. The van der Waals surface area contributed by atoms with Crippen LogP contribution in [0.5, 0.6) is 0 Å². The molecule has 0 aliphatic carbocycles. The lowest BCUT2D eigenvalue weighted by Crippen LogP contribution is -2.51. The van der Waals surface area contributed by atoms with Crippen molar-refractivity contribution in [2.24, 2.45) is 0 Å². The fourth-order valence-corrected chi connectivity index (χ4v) is 1.99. The molecule has 0 bridgehead atoms. The van der Waals surface area contributed by atoms with Gasteiger partial charge in [0.1, 0.15) is 11.9 Å². The number of furan rings is 1. The molecule has 1 aliphatic rings. The van der Waals surface area contributed by atoms with Crippen LogP contribution in [0.3, 0.4) is 0 Å².